The number of nitrogens with one attached hydrogen (secondary N) is 2. The van der Waals surface area contributed by atoms with Crippen LogP contribution in [0.1, 0.15) is 42.5 Å². The van der Waals surface area contributed by atoms with Gasteiger partial charge in [0.05, 0.1) is 10.0 Å². The first-order valence-electron chi connectivity index (χ1n) is 7.10. The molecule has 0 aromatic heterocycles. The summed E-state index contributed by atoms with van der Waals surface area (Å²) in [6.07, 6.45) is 5.57. The lowest BCUT2D eigenvalue weighted by molar-refractivity contribution is 0.0852. The minimum atomic E-state index is -0.404. The third-order valence-corrected chi connectivity index (χ3v) is 5.28. The monoisotopic (exact) mass is 340 g/mol. The van der Waals surface area contributed by atoms with Crippen molar-refractivity contribution in [1.82, 2.24) is 10.6 Å². The van der Waals surface area contributed by atoms with E-state index in [1.54, 1.807) is 12.1 Å². The van der Waals surface area contributed by atoms with Crippen LogP contribution in [0.4, 0.5) is 4.39 Å². The van der Waals surface area contributed by atoms with Crippen molar-refractivity contribution in [1.29, 1.82) is 0 Å². The highest BCUT2D eigenvalue weighted by atomic mass is 79.9. The summed E-state index contributed by atoms with van der Waals surface area (Å²) in [5.74, 6) is -0.601. The summed E-state index contributed by atoms with van der Waals surface area (Å²) in [6, 6.07) is 4.72. The van der Waals surface area contributed by atoms with Crippen molar-refractivity contribution >= 4 is 21.8 Å². The first kappa shape index (κ1) is 14.0. The van der Waals surface area contributed by atoms with Crippen molar-refractivity contribution in [2.75, 3.05) is 6.54 Å². The molecule has 1 amide bonds. The van der Waals surface area contributed by atoms with Gasteiger partial charge in [-0.05, 0) is 66.7 Å². The molecule has 1 aromatic carbocycles. The summed E-state index contributed by atoms with van der Waals surface area (Å²) < 4.78 is 13.7. The maximum Gasteiger partial charge on any atom is 0.252 e. The van der Waals surface area contributed by atoms with E-state index in [1.165, 1.54) is 25.3 Å². The summed E-state index contributed by atoms with van der Waals surface area (Å²) in [5.41, 5.74) is 0.612. The molecule has 1 saturated heterocycles. The van der Waals surface area contributed by atoms with E-state index in [0.29, 0.717) is 5.56 Å². The average Bonchev–Trinajstić information content (AvgIpc) is 2.40. The largest absolute Gasteiger partial charge is 0.349 e. The van der Waals surface area contributed by atoms with Gasteiger partial charge in [-0.1, -0.05) is 6.07 Å². The molecule has 3 rings (SSSR count). The van der Waals surface area contributed by atoms with E-state index in [0.717, 1.165) is 19.4 Å². The highest BCUT2D eigenvalue weighted by molar-refractivity contribution is 9.10. The summed E-state index contributed by atoms with van der Waals surface area (Å²) >= 11 is 3.14. The Morgan fingerprint density at radius 2 is 2.25 bits per heavy atom. The Labute approximate surface area is 126 Å². The van der Waals surface area contributed by atoms with Gasteiger partial charge >= 0.3 is 0 Å². The molecule has 1 heterocycles. The van der Waals surface area contributed by atoms with Crippen molar-refractivity contribution < 1.29 is 9.18 Å². The second-order valence-electron chi connectivity index (χ2n) is 5.83. The maximum absolute atomic E-state index is 13.5. The Morgan fingerprint density at radius 1 is 1.45 bits per heavy atom. The SMILES string of the molecule is O=C(NC1CCNC2(CCC2)C1)c1cccc(F)c1Br. The molecule has 0 bridgehead atoms. The molecular weight excluding hydrogens is 323 g/mol. The number of halogens is 2. The number of amides is 1. The molecule has 2 N–H and O–H groups in total. The van der Waals surface area contributed by atoms with E-state index < -0.39 is 5.82 Å². The third-order valence-electron chi connectivity index (χ3n) is 4.47. The molecule has 1 unspecified atom stereocenters. The van der Waals surface area contributed by atoms with Crippen LogP contribution in [0.25, 0.3) is 0 Å². The van der Waals surface area contributed by atoms with Gasteiger partial charge in [0.25, 0.3) is 5.91 Å². The van der Waals surface area contributed by atoms with E-state index in [4.69, 9.17) is 0 Å². The Hall–Kier alpha value is -0.940. The molecule has 1 aliphatic carbocycles. The van der Waals surface area contributed by atoms with Gasteiger partial charge < -0.3 is 10.6 Å². The number of hydrogen-bond donors (Lipinski definition) is 2. The van der Waals surface area contributed by atoms with Crippen LogP contribution in [-0.2, 0) is 0 Å². The van der Waals surface area contributed by atoms with Crippen molar-refractivity contribution in [2.45, 2.75) is 43.7 Å². The van der Waals surface area contributed by atoms with E-state index in [9.17, 15) is 9.18 Å². The fourth-order valence-electron chi connectivity index (χ4n) is 3.21. The predicted octanol–water partition coefficient (Wildman–Crippen LogP) is 2.99. The van der Waals surface area contributed by atoms with E-state index in [2.05, 4.69) is 26.6 Å². The number of piperidine rings is 1. The van der Waals surface area contributed by atoms with Gasteiger partial charge in [0.1, 0.15) is 5.82 Å². The third kappa shape index (κ3) is 2.61. The molecule has 3 nitrogen and oxygen atoms in total. The number of benzene rings is 1. The molecule has 2 fully saturated rings. The predicted molar refractivity (Wildman–Crippen MR) is 79.2 cm³/mol. The molecule has 20 heavy (non-hydrogen) atoms. The van der Waals surface area contributed by atoms with E-state index >= 15 is 0 Å². The number of carbonyl (C=O) groups is 1. The van der Waals surface area contributed by atoms with E-state index in [1.807, 2.05) is 0 Å². The quantitative estimate of drug-likeness (QED) is 0.868. The first-order chi connectivity index (χ1) is 9.60. The zero-order valence-electron chi connectivity index (χ0n) is 11.2. The highest BCUT2D eigenvalue weighted by Crippen LogP contribution is 2.38. The molecule has 1 spiro atoms. The van der Waals surface area contributed by atoms with Crippen LogP contribution in [-0.4, -0.2) is 24.0 Å². The van der Waals surface area contributed by atoms with Crippen LogP contribution in [0.3, 0.4) is 0 Å². The fourth-order valence-corrected chi connectivity index (χ4v) is 3.65. The summed E-state index contributed by atoms with van der Waals surface area (Å²) in [5, 5.41) is 6.63. The van der Waals surface area contributed by atoms with Crippen LogP contribution in [0.2, 0.25) is 0 Å². The molecule has 108 valence electrons. The number of carbonyl (C=O) groups excluding carboxylic acids is 1. The van der Waals surface area contributed by atoms with Gasteiger partial charge in [-0.3, -0.25) is 4.79 Å². The van der Waals surface area contributed by atoms with Crippen LogP contribution in [0.15, 0.2) is 22.7 Å². The summed E-state index contributed by atoms with van der Waals surface area (Å²) in [7, 11) is 0. The van der Waals surface area contributed by atoms with Crippen molar-refractivity contribution in [3.63, 3.8) is 0 Å². The lowest BCUT2D eigenvalue weighted by Crippen LogP contribution is -2.59. The minimum absolute atomic E-state index is 0.180. The van der Waals surface area contributed by atoms with Gasteiger partial charge in [0, 0.05) is 11.6 Å². The van der Waals surface area contributed by atoms with Crippen molar-refractivity contribution in [3.05, 3.63) is 34.1 Å². The Bertz CT molecular complexity index is 531. The number of rotatable bonds is 2. The van der Waals surface area contributed by atoms with Gasteiger partial charge in [-0.2, -0.15) is 0 Å². The van der Waals surface area contributed by atoms with E-state index in [-0.39, 0.29) is 22.0 Å². The van der Waals surface area contributed by atoms with Crippen molar-refractivity contribution in [2.24, 2.45) is 0 Å². The number of hydrogen-bond acceptors (Lipinski definition) is 2. The summed E-state index contributed by atoms with van der Waals surface area (Å²) in [4.78, 5) is 12.3. The highest BCUT2D eigenvalue weighted by Gasteiger charge is 2.41. The lowest BCUT2D eigenvalue weighted by Gasteiger charge is -2.48. The lowest BCUT2D eigenvalue weighted by atomic mass is 9.70. The standard InChI is InChI=1S/C15H18BrFN2O/c16-13-11(3-1-4-12(13)17)14(20)19-10-5-8-18-15(9-10)6-2-7-15/h1,3-4,10,18H,2,5-9H2,(H,19,20). The van der Waals surface area contributed by atoms with Gasteiger partial charge in [0.15, 0.2) is 0 Å². The molecule has 1 aliphatic heterocycles. The molecule has 2 aliphatic rings. The normalized spacial score (nSPS) is 24.2. The smallest absolute Gasteiger partial charge is 0.252 e. The Morgan fingerprint density at radius 3 is 2.95 bits per heavy atom. The summed E-state index contributed by atoms with van der Waals surface area (Å²) in [6.45, 7) is 0.940. The Balaban J connectivity index is 1.68. The zero-order chi connectivity index (χ0) is 14.2. The van der Waals surface area contributed by atoms with Crippen LogP contribution in [0.5, 0.6) is 0 Å². The topological polar surface area (TPSA) is 41.1 Å². The molecule has 1 atom stereocenters. The first-order valence-corrected chi connectivity index (χ1v) is 7.89. The van der Waals surface area contributed by atoms with Gasteiger partial charge in [-0.15, -0.1) is 0 Å². The van der Waals surface area contributed by atoms with Gasteiger partial charge in [0.2, 0.25) is 0 Å². The van der Waals surface area contributed by atoms with Crippen LogP contribution < -0.4 is 10.6 Å². The van der Waals surface area contributed by atoms with Crippen molar-refractivity contribution in [3.8, 4) is 0 Å². The molecule has 5 heteroatoms. The minimum Gasteiger partial charge on any atom is -0.349 e. The maximum atomic E-state index is 13.5. The van der Waals surface area contributed by atoms with Crippen LogP contribution in [0, 0.1) is 5.82 Å². The zero-order valence-corrected chi connectivity index (χ0v) is 12.8. The second-order valence-corrected chi connectivity index (χ2v) is 6.62. The van der Waals surface area contributed by atoms with Crippen LogP contribution >= 0.6 is 15.9 Å². The Kier molecular flexibility index (Phi) is 3.82. The van der Waals surface area contributed by atoms with Gasteiger partial charge in [-0.25, -0.2) is 4.39 Å². The molecule has 1 saturated carbocycles. The average molecular weight is 341 g/mol. The fraction of sp³-hybridized carbons (Fsp3) is 0.533. The molecule has 0 radical (unpaired) electrons. The molecular formula is C15H18BrFN2O. The second kappa shape index (κ2) is 5.45. The molecule has 1 aromatic rings.